The first-order valence-corrected chi connectivity index (χ1v) is 6.63. The van der Waals surface area contributed by atoms with Crippen LogP contribution in [0.2, 0.25) is 0 Å². The minimum atomic E-state index is 0.478. The molecule has 1 fully saturated rings. The van der Waals surface area contributed by atoms with Crippen LogP contribution in [0.25, 0.3) is 0 Å². The molecule has 92 valence electrons. The third kappa shape index (κ3) is 2.27. The monoisotopic (exact) mass is 223 g/mol. The highest BCUT2D eigenvalue weighted by Gasteiger charge is 2.40. The first-order valence-electron chi connectivity index (χ1n) is 6.63. The SMILES string of the molecule is CNC(C1=COCCC1)C1CCCC1(C)C. The van der Waals surface area contributed by atoms with Crippen LogP contribution in [0, 0.1) is 11.3 Å². The molecule has 16 heavy (non-hydrogen) atoms. The van der Waals surface area contributed by atoms with Crippen LogP contribution < -0.4 is 5.32 Å². The van der Waals surface area contributed by atoms with Crippen LogP contribution >= 0.6 is 0 Å². The second-order valence-corrected chi connectivity index (χ2v) is 5.92. The van der Waals surface area contributed by atoms with E-state index < -0.39 is 0 Å². The molecular formula is C14H25NO. The molecule has 0 amide bonds. The summed E-state index contributed by atoms with van der Waals surface area (Å²) in [6, 6.07) is 0.526. The molecule has 2 nitrogen and oxygen atoms in total. The fourth-order valence-corrected chi connectivity index (χ4v) is 3.43. The van der Waals surface area contributed by atoms with Gasteiger partial charge < -0.3 is 10.1 Å². The van der Waals surface area contributed by atoms with Gasteiger partial charge in [0.2, 0.25) is 0 Å². The Kier molecular flexibility index (Phi) is 3.58. The topological polar surface area (TPSA) is 21.3 Å². The van der Waals surface area contributed by atoms with Gasteiger partial charge in [0.1, 0.15) is 0 Å². The summed E-state index contributed by atoms with van der Waals surface area (Å²) < 4.78 is 5.49. The van der Waals surface area contributed by atoms with Gasteiger partial charge in [-0.05, 0) is 49.6 Å². The minimum absolute atomic E-state index is 0.478. The van der Waals surface area contributed by atoms with Crippen LogP contribution in [0.3, 0.4) is 0 Å². The first-order chi connectivity index (χ1) is 7.65. The summed E-state index contributed by atoms with van der Waals surface area (Å²) in [5, 5.41) is 3.52. The van der Waals surface area contributed by atoms with E-state index in [1.165, 1.54) is 37.7 Å². The maximum Gasteiger partial charge on any atom is 0.0876 e. The molecule has 2 aliphatic rings. The van der Waals surface area contributed by atoms with Crippen molar-refractivity contribution >= 4 is 0 Å². The van der Waals surface area contributed by atoms with Crippen molar-refractivity contribution in [1.29, 1.82) is 0 Å². The fourth-order valence-electron chi connectivity index (χ4n) is 3.43. The molecule has 1 N–H and O–H groups in total. The van der Waals surface area contributed by atoms with Crippen molar-refractivity contribution in [3.8, 4) is 0 Å². The zero-order chi connectivity index (χ0) is 11.6. The third-order valence-electron chi connectivity index (χ3n) is 4.42. The molecule has 0 aromatic rings. The van der Waals surface area contributed by atoms with Crippen molar-refractivity contribution in [2.45, 2.75) is 52.0 Å². The summed E-state index contributed by atoms with van der Waals surface area (Å²) in [6.45, 7) is 5.73. The van der Waals surface area contributed by atoms with Gasteiger partial charge in [0.15, 0.2) is 0 Å². The molecule has 2 rings (SSSR count). The van der Waals surface area contributed by atoms with Crippen LogP contribution in [0.5, 0.6) is 0 Å². The molecule has 0 spiro atoms. The molecule has 1 aliphatic heterocycles. The lowest BCUT2D eigenvalue weighted by Gasteiger charge is -2.36. The van der Waals surface area contributed by atoms with E-state index in [1.54, 1.807) is 0 Å². The summed E-state index contributed by atoms with van der Waals surface area (Å²) >= 11 is 0. The number of hydrogen-bond donors (Lipinski definition) is 1. The van der Waals surface area contributed by atoms with Gasteiger partial charge in [-0.15, -0.1) is 0 Å². The smallest absolute Gasteiger partial charge is 0.0876 e. The lowest BCUT2D eigenvalue weighted by Crippen LogP contribution is -2.41. The maximum atomic E-state index is 5.49. The first kappa shape index (κ1) is 12.0. The normalized spacial score (nSPS) is 30.7. The molecule has 0 aromatic heterocycles. The predicted molar refractivity (Wildman–Crippen MR) is 67.2 cm³/mol. The Labute approximate surface area is 99.4 Å². The van der Waals surface area contributed by atoms with Gasteiger partial charge in [-0.3, -0.25) is 0 Å². The van der Waals surface area contributed by atoms with Crippen LogP contribution in [0.4, 0.5) is 0 Å². The van der Waals surface area contributed by atoms with Crippen molar-refractivity contribution < 1.29 is 4.74 Å². The van der Waals surface area contributed by atoms with Crippen molar-refractivity contribution in [3.05, 3.63) is 11.8 Å². The largest absolute Gasteiger partial charge is 0.501 e. The quantitative estimate of drug-likeness (QED) is 0.794. The van der Waals surface area contributed by atoms with E-state index in [-0.39, 0.29) is 0 Å². The second kappa shape index (κ2) is 4.79. The molecule has 2 atom stereocenters. The average molecular weight is 223 g/mol. The number of ether oxygens (including phenoxy) is 1. The van der Waals surface area contributed by atoms with Crippen LogP contribution in [-0.2, 0) is 4.74 Å². The fraction of sp³-hybridized carbons (Fsp3) is 0.857. The van der Waals surface area contributed by atoms with E-state index in [0.29, 0.717) is 11.5 Å². The highest BCUT2D eigenvalue weighted by Crippen LogP contribution is 2.46. The van der Waals surface area contributed by atoms with Gasteiger partial charge in [0, 0.05) is 6.04 Å². The van der Waals surface area contributed by atoms with Gasteiger partial charge >= 0.3 is 0 Å². The van der Waals surface area contributed by atoms with Gasteiger partial charge in [0.05, 0.1) is 12.9 Å². The van der Waals surface area contributed by atoms with E-state index >= 15 is 0 Å². The zero-order valence-corrected chi connectivity index (χ0v) is 10.9. The standard InChI is InChI=1S/C14H25NO/c1-14(2)8-4-7-12(14)13(15-3)11-6-5-9-16-10-11/h10,12-13,15H,4-9H2,1-3H3. The van der Waals surface area contributed by atoms with Crippen LogP contribution in [0.15, 0.2) is 11.8 Å². The second-order valence-electron chi connectivity index (χ2n) is 5.92. The average Bonchev–Trinajstić information content (AvgIpc) is 2.62. The predicted octanol–water partition coefficient (Wildman–Crippen LogP) is 3.10. The number of hydrogen-bond acceptors (Lipinski definition) is 2. The summed E-state index contributed by atoms with van der Waals surface area (Å²) in [5.41, 5.74) is 1.96. The summed E-state index contributed by atoms with van der Waals surface area (Å²) in [6.07, 6.45) is 8.50. The number of rotatable bonds is 3. The highest BCUT2D eigenvalue weighted by atomic mass is 16.5. The molecule has 1 saturated carbocycles. The van der Waals surface area contributed by atoms with E-state index in [2.05, 4.69) is 26.2 Å². The van der Waals surface area contributed by atoms with E-state index in [4.69, 9.17) is 4.74 Å². The van der Waals surface area contributed by atoms with Crippen LogP contribution in [-0.4, -0.2) is 19.7 Å². The van der Waals surface area contributed by atoms with Gasteiger partial charge in [0.25, 0.3) is 0 Å². The lowest BCUT2D eigenvalue weighted by molar-refractivity contribution is 0.187. The maximum absolute atomic E-state index is 5.49. The highest BCUT2D eigenvalue weighted by molar-refractivity contribution is 5.14. The molecule has 2 unspecified atom stereocenters. The van der Waals surface area contributed by atoms with Gasteiger partial charge in [-0.2, -0.15) is 0 Å². The van der Waals surface area contributed by atoms with Gasteiger partial charge in [-0.25, -0.2) is 0 Å². The van der Waals surface area contributed by atoms with Crippen molar-refractivity contribution in [2.75, 3.05) is 13.7 Å². The molecule has 0 aromatic carbocycles. The molecular weight excluding hydrogens is 198 g/mol. The summed E-state index contributed by atoms with van der Waals surface area (Å²) in [4.78, 5) is 0. The molecule has 0 bridgehead atoms. The Morgan fingerprint density at radius 2 is 2.25 bits per heavy atom. The molecule has 0 radical (unpaired) electrons. The lowest BCUT2D eigenvalue weighted by atomic mass is 9.75. The third-order valence-corrected chi connectivity index (χ3v) is 4.42. The van der Waals surface area contributed by atoms with Crippen molar-refractivity contribution in [1.82, 2.24) is 5.32 Å². The zero-order valence-electron chi connectivity index (χ0n) is 10.9. The molecule has 1 heterocycles. The van der Waals surface area contributed by atoms with E-state index in [1.807, 2.05) is 6.26 Å². The Hall–Kier alpha value is -0.500. The Balaban J connectivity index is 2.12. The molecule has 2 heteroatoms. The number of likely N-dealkylation sites (N-methyl/N-ethyl adjacent to an activating group) is 1. The Morgan fingerprint density at radius 1 is 1.44 bits per heavy atom. The van der Waals surface area contributed by atoms with Crippen molar-refractivity contribution in [2.24, 2.45) is 11.3 Å². The van der Waals surface area contributed by atoms with Crippen molar-refractivity contribution in [3.63, 3.8) is 0 Å². The summed E-state index contributed by atoms with van der Waals surface area (Å²) in [5.74, 6) is 0.769. The van der Waals surface area contributed by atoms with E-state index in [9.17, 15) is 0 Å². The van der Waals surface area contributed by atoms with Gasteiger partial charge in [-0.1, -0.05) is 20.3 Å². The summed E-state index contributed by atoms with van der Waals surface area (Å²) in [7, 11) is 2.09. The molecule has 1 aliphatic carbocycles. The van der Waals surface area contributed by atoms with E-state index in [0.717, 1.165) is 12.5 Å². The Morgan fingerprint density at radius 3 is 2.75 bits per heavy atom. The number of nitrogens with one attached hydrogen (secondary N) is 1. The molecule has 0 saturated heterocycles. The Bertz CT molecular complexity index is 270. The minimum Gasteiger partial charge on any atom is -0.501 e. The van der Waals surface area contributed by atoms with Crippen LogP contribution in [0.1, 0.15) is 46.0 Å².